The van der Waals surface area contributed by atoms with E-state index in [1.165, 1.54) is 6.07 Å². The van der Waals surface area contributed by atoms with Crippen LogP contribution in [0.3, 0.4) is 0 Å². The molecule has 2 saturated heterocycles. The van der Waals surface area contributed by atoms with Crippen molar-refractivity contribution in [1.29, 1.82) is 0 Å². The van der Waals surface area contributed by atoms with Gasteiger partial charge in [0.25, 0.3) is 0 Å². The monoisotopic (exact) mass is 502 g/mol. The van der Waals surface area contributed by atoms with E-state index in [1.807, 2.05) is 24.1 Å². The van der Waals surface area contributed by atoms with Gasteiger partial charge in [-0.3, -0.25) is 4.90 Å². The SMILES string of the molecule is CN(Cc1ccc(F)cc1C(F)(F)F)C1CCN(c2nnc(N3CCNCC3)c3ccccc23)CC1. The normalized spacial score (nSPS) is 17.8. The molecule has 0 saturated carbocycles. The number of alkyl halides is 3. The molecule has 3 heterocycles. The van der Waals surface area contributed by atoms with Crippen LogP contribution in [0.2, 0.25) is 0 Å². The molecule has 0 bridgehead atoms. The van der Waals surface area contributed by atoms with E-state index in [0.717, 1.165) is 80.6 Å². The molecule has 0 spiro atoms. The van der Waals surface area contributed by atoms with Crippen molar-refractivity contribution in [3.8, 4) is 0 Å². The van der Waals surface area contributed by atoms with Crippen LogP contribution in [0.25, 0.3) is 10.8 Å². The summed E-state index contributed by atoms with van der Waals surface area (Å²) in [6.07, 6.45) is -3.01. The first-order valence-corrected chi connectivity index (χ1v) is 12.3. The predicted molar refractivity (Wildman–Crippen MR) is 133 cm³/mol. The minimum absolute atomic E-state index is 0.0918. The molecule has 3 aromatic rings. The Labute approximate surface area is 207 Å². The van der Waals surface area contributed by atoms with E-state index in [4.69, 9.17) is 0 Å². The van der Waals surface area contributed by atoms with Gasteiger partial charge in [0, 0.05) is 62.6 Å². The Morgan fingerprint density at radius 1 is 0.917 bits per heavy atom. The summed E-state index contributed by atoms with van der Waals surface area (Å²) in [6, 6.07) is 11.2. The summed E-state index contributed by atoms with van der Waals surface area (Å²) in [5.74, 6) is 0.882. The molecule has 0 unspecified atom stereocenters. The van der Waals surface area contributed by atoms with Crippen LogP contribution in [0.4, 0.5) is 29.2 Å². The molecule has 2 aliphatic rings. The second-order valence-electron chi connectivity index (χ2n) is 9.56. The second-order valence-corrected chi connectivity index (χ2v) is 9.56. The van der Waals surface area contributed by atoms with Crippen molar-refractivity contribution in [2.45, 2.75) is 31.6 Å². The summed E-state index contributed by atoms with van der Waals surface area (Å²) in [4.78, 5) is 6.43. The van der Waals surface area contributed by atoms with E-state index in [9.17, 15) is 17.6 Å². The topological polar surface area (TPSA) is 47.5 Å². The maximum absolute atomic E-state index is 13.5. The van der Waals surface area contributed by atoms with Crippen molar-refractivity contribution in [3.63, 3.8) is 0 Å². The van der Waals surface area contributed by atoms with E-state index in [1.54, 1.807) is 0 Å². The first-order chi connectivity index (χ1) is 17.3. The van der Waals surface area contributed by atoms with Gasteiger partial charge in [0.15, 0.2) is 11.6 Å². The summed E-state index contributed by atoms with van der Waals surface area (Å²) in [6.45, 7) is 5.19. The van der Waals surface area contributed by atoms with Gasteiger partial charge in [-0.05, 0) is 37.6 Å². The number of piperazine rings is 1. The molecule has 0 atom stereocenters. The van der Waals surface area contributed by atoms with Gasteiger partial charge in [-0.1, -0.05) is 30.3 Å². The highest BCUT2D eigenvalue weighted by Crippen LogP contribution is 2.35. The summed E-state index contributed by atoms with van der Waals surface area (Å²) in [5, 5.41) is 14.8. The van der Waals surface area contributed by atoms with Gasteiger partial charge in [0.1, 0.15) is 5.82 Å². The molecule has 36 heavy (non-hydrogen) atoms. The Hall–Kier alpha value is -2.98. The Morgan fingerprint density at radius 3 is 2.08 bits per heavy atom. The summed E-state index contributed by atoms with van der Waals surface area (Å²) in [5.41, 5.74) is -0.813. The molecular weight excluding hydrogens is 472 g/mol. The van der Waals surface area contributed by atoms with Gasteiger partial charge >= 0.3 is 6.18 Å². The smallest absolute Gasteiger partial charge is 0.354 e. The minimum Gasteiger partial charge on any atom is -0.354 e. The fourth-order valence-corrected chi connectivity index (χ4v) is 5.29. The minimum atomic E-state index is -4.59. The third-order valence-corrected chi connectivity index (χ3v) is 7.25. The van der Waals surface area contributed by atoms with Crippen molar-refractivity contribution in [3.05, 3.63) is 59.4 Å². The van der Waals surface area contributed by atoms with Crippen molar-refractivity contribution >= 4 is 22.4 Å². The number of halogens is 4. The highest BCUT2D eigenvalue weighted by molar-refractivity contribution is 5.99. The van der Waals surface area contributed by atoms with Crippen LogP contribution in [0.15, 0.2) is 42.5 Å². The average molecular weight is 503 g/mol. The van der Waals surface area contributed by atoms with Crippen LogP contribution in [0, 0.1) is 5.82 Å². The average Bonchev–Trinajstić information content (AvgIpc) is 2.89. The van der Waals surface area contributed by atoms with Gasteiger partial charge in [-0.2, -0.15) is 13.2 Å². The highest BCUT2D eigenvalue weighted by atomic mass is 19.4. The number of hydrogen-bond donors (Lipinski definition) is 1. The molecule has 192 valence electrons. The van der Waals surface area contributed by atoms with Crippen molar-refractivity contribution in [2.24, 2.45) is 0 Å². The molecule has 2 aromatic carbocycles. The Balaban J connectivity index is 1.29. The van der Waals surface area contributed by atoms with E-state index in [0.29, 0.717) is 6.07 Å². The first kappa shape index (κ1) is 24.7. The quantitative estimate of drug-likeness (QED) is 0.525. The molecule has 5 rings (SSSR count). The predicted octanol–water partition coefficient (Wildman–Crippen LogP) is 4.30. The van der Waals surface area contributed by atoms with Gasteiger partial charge in [-0.15, -0.1) is 10.2 Å². The summed E-state index contributed by atoms with van der Waals surface area (Å²) >= 11 is 0. The van der Waals surface area contributed by atoms with E-state index in [2.05, 4.69) is 37.4 Å². The number of nitrogens with zero attached hydrogens (tertiary/aromatic N) is 5. The lowest BCUT2D eigenvalue weighted by Crippen LogP contribution is -2.44. The number of nitrogens with one attached hydrogen (secondary N) is 1. The van der Waals surface area contributed by atoms with Crippen molar-refractivity contribution in [1.82, 2.24) is 20.4 Å². The molecule has 0 aliphatic carbocycles. The molecule has 0 radical (unpaired) electrons. The summed E-state index contributed by atoms with van der Waals surface area (Å²) in [7, 11) is 1.83. The zero-order valence-corrected chi connectivity index (χ0v) is 20.2. The number of anilines is 2. The van der Waals surface area contributed by atoms with Crippen LogP contribution in [0.1, 0.15) is 24.0 Å². The number of hydrogen-bond acceptors (Lipinski definition) is 6. The Kier molecular flexibility index (Phi) is 6.98. The largest absolute Gasteiger partial charge is 0.416 e. The molecule has 0 amide bonds. The molecular formula is C26H30F4N6. The van der Waals surface area contributed by atoms with Crippen molar-refractivity contribution in [2.75, 3.05) is 56.1 Å². The Bertz CT molecular complexity index is 1200. The fourth-order valence-electron chi connectivity index (χ4n) is 5.29. The Morgan fingerprint density at radius 2 is 1.50 bits per heavy atom. The number of rotatable bonds is 5. The zero-order chi connectivity index (χ0) is 25.3. The van der Waals surface area contributed by atoms with E-state index < -0.39 is 17.6 Å². The lowest BCUT2D eigenvalue weighted by Gasteiger charge is -2.38. The van der Waals surface area contributed by atoms with Crippen LogP contribution in [-0.4, -0.2) is 67.5 Å². The second kappa shape index (κ2) is 10.2. The fraction of sp³-hybridized carbons (Fsp3) is 0.462. The molecule has 1 N–H and O–H groups in total. The third kappa shape index (κ3) is 5.10. The van der Waals surface area contributed by atoms with Gasteiger partial charge < -0.3 is 15.1 Å². The molecule has 2 fully saturated rings. The van der Waals surface area contributed by atoms with Crippen LogP contribution >= 0.6 is 0 Å². The molecule has 10 heteroatoms. The summed E-state index contributed by atoms with van der Waals surface area (Å²) < 4.78 is 53.8. The number of aromatic nitrogens is 2. The lowest BCUT2D eigenvalue weighted by atomic mass is 10.0. The van der Waals surface area contributed by atoms with Gasteiger partial charge in [-0.25, -0.2) is 4.39 Å². The van der Waals surface area contributed by atoms with E-state index in [-0.39, 0.29) is 18.2 Å². The van der Waals surface area contributed by atoms with Crippen LogP contribution < -0.4 is 15.1 Å². The maximum atomic E-state index is 13.5. The molecule has 2 aliphatic heterocycles. The lowest BCUT2D eigenvalue weighted by molar-refractivity contribution is -0.138. The number of piperidine rings is 1. The van der Waals surface area contributed by atoms with Crippen molar-refractivity contribution < 1.29 is 17.6 Å². The maximum Gasteiger partial charge on any atom is 0.416 e. The molecule has 1 aromatic heterocycles. The third-order valence-electron chi connectivity index (χ3n) is 7.25. The highest BCUT2D eigenvalue weighted by Gasteiger charge is 2.34. The van der Waals surface area contributed by atoms with Gasteiger partial charge in [0.05, 0.1) is 5.56 Å². The zero-order valence-electron chi connectivity index (χ0n) is 20.2. The van der Waals surface area contributed by atoms with E-state index >= 15 is 0 Å². The van der Waals surface area contributed by atoms with Crippen LogP contribution in [0.5, 0.6) is 0 Å². The number of fused-ring (bicyclic) bond motifs is 1. The standard InChI is InChI=1S/C26H30F4N6/c1-34(17-18-6-7-19(27)16-23(18)26(28,29)30)20-8-12-35(13-9-20)24-21-4-2-3-5-22(21)25(33-32-24)36-14-10-31-11-15-36/h2-7,16,20,31H,8-15,17H2,1H3. The van der Waals surface area contributed by atoms with Gasteiger partial charge in [0.2, 0.25) is 0 Å². The first-order valence-electron chi connectivity index (χ1n) is 12.3. The number of benzene rings is 2. The molecule has 6 nitrogen and oxygen atoms in total. The van der Waals surface area contributed by atoms with Crippen LogP contribution in [-0.2, 0) is 12.7 Å².